The Kier molecular flexibility index (Phi) is 5.56. The summed E-state index contributed by atoms with van der Waals surface area (Å²) in [6, 6.07) is 9.70. The molecule has 1 heterocycles. The summed E-state index contributed by atoms with van der Waals surface area (Å²) in [5, 5.41) is 3.08. The quantitative estimate of drug-likeness (QED) is 0.864. The summed E-state index contributed by atoms with van der Waals surface area (Å²) in [5.41, 5.74) is 7.07. The van der Waals surface area contributed by atoms with Crippen LogP contribution < -0.4 is 11.1 Å². The minimum absolute atomic E-state index is 0.0281. The molecule has 0 aromatic heterocycles. The van der Waals surface area contributed by atoms with E-state index < -0.39 is 0 Å². The second-order valence-electron chi connectivity index (χ2n) is 5.53. The van der Waals surface area contributed by atoms with Crippen LogP contribution in [0.2, 0.25) is 0 Å². The van der Waals surface area contributed by atoms with Crippen molar-refractivity contribution in [3.8, 4) is 0 Å². The van der Waals surface area contributed by atoms with Crippen LogP contribution in [0, 0.1) is 5.92 Å². The van der Waals surface area contributed by atoms with E-state index in [0.29, 0.717) is 12.3 Å². The number of hydrogen-bond acceptors (Lipinski definition) is 3. The van der Waals surface area contributed by atoms with E-state index in [1.54, 1.807) is 0 Å². The number of hydrogen-bond donors (Lipinski definition) is 2. The monoisotopic (exact) mass is 276 g/mol. The van der Waals surface area contributed by atoms with E-state index >= 15 is 0 Å². The summed E-state index contributed by atoms with van der Waals surface area (Å²) in [7, 11) is 0. The predicted molar refractivity (Wildman–Crippen MR) is 79.1 cm³/mol. The van der Waals surface area contributed by atoms with E-state index in [9.17, 15) is 4.79 Å². The molecule has 0 spiro atoms. The number of amides is 1. The first-order valence-electron chi connectivity index (χ1n) is 7.34. The minimum atomic E-state index is -0.238. The summed E-state index contributed by atoms with van der Waals surface area (Å²) < 4.78 is 5.34. The zero-order chi connectivity index (χ0) is 14.4. The summed E-state index contributed by atoms with van der Waals surface area (Å²) in [5.74, 6) is 0.543. The maximum absolute atomic E-state index is 12.1. The fourth-order valence-corrected chi connectivity index (χ4v) is 2.66. The lowest BCUT2D eigenvalue weighted by molar-refractivity contribution is -0.122. The lowest BCUT2D eigenvalue weighted by atomic mass is 9.92. The number of nitrogens with one attached hydrogen (secondary N) is 1. The molecule has 4 heteroatoms. The fourth-order valence-electron chi connectivity index (χ4n) is 2.66. The second-order valence-corrected chi connectivity index (χ2v) is 5.53. The maximum atomic E-state index is 12.1. The highest BCUT2D eigenvalue weighted by molar-refractivity contribution is 5.77. The van der Waals surface area contributed by atoms with Gasteiger partial charge in [-0.05, 0) is 31.2 Å². The van der Waals surface area contributed by atoms with Gasteiger partial charge in [0.15, 0.2) is 0 Å². The van der Waals surface area contributed by atoms with Gasteiger partial charge in [0.1, 0.15) is 0 Å². The van der Waals surface area contributed by atoms with Crippen molar-refractivity contribution in [1.82, 2.24) is 5.32 Å². The maximum Gasteiger partial charge on any atom is 0.222 e. The topological polar surface area (TPSA) is 64.4 Å². The molecular formula is C16H24N2O2. The van der Waals surface area contributed by atoms with Crippen molar-refractivity contribution in [2.45, 2.75) is 38.3 Å². The van der Waals surface area contributed by atoms with Gasteiger partial charge in [0, 0.05) is 31.7 Å². The van der Waals surface area contributed by atoms with Crippen molar-refractivity contribution in [2.24, 2.45) is 11.7 Å². The number of carbonyl (C=O) groups is 1. The largest absolute Gasteiger partial charge is 0.381 e. The summed E-state index contributed by atoms with van der Waals surface area (Å²) in [6.45, 7) is 3.67. The van der Waals surface area contributed by atoms with Gasteiger partial charge in [0.25, 0.3) is 0 Å². The average Bonchev–Trinajstić information content (AvgIpc) is 2.49. The summed E-state index contributed by atoms with van der Waals surface area (Å²) in [6.07, 6.45) is 2.37. The van der Waals surface area contributed by atoms with Crippen LogP contribution in [-0.4, -0.2) is 25.2 Å². The van der Waals surface area contributed by atoms with Crippen molar-refractivity contribution in [3.05, 3.63) is 35.9 Å². The third-order valence-corrected chi connectivity index (χ3v) is 3.99. The van der Waals surface area contributed by atoms with E-state index in [0.717, 1.165) is 31.6 Å². The molecular weight excluding hydrogens is 252 g/mol. The standard InChI is InChI=1S/C16H24N2O2/c1-12(13-7-9-20-10-8-13)18-16(19)11-15(17)14-5-3-2-4-6-14/h2-6,12-13,15H,7-11,17H2,1H3,(H,18,19). The Morgan fingerprint density at radius 2 is 2.00 bits per heavy atom. The van der Waals surface area contributed by atoms with E-state index in [-0.39, 0.29) is 18.0 Å². The third kappa shape index (κ3) is 4.32. The smallest absolute Gasteiger partial charge is 0.222 e. The molecule has 2 atom stereocenters. The van der Waals surface area contributed by atoms with E-state index in [1.807, 2.05) is 30.3 Å². The Morgan fingerprint density at radius 1 is 1.35 bits per heavy atom. The molecule has 1 aliphatic heterocycles. The summed E-state index contributed by atoms with van der Waals surface area (Å²) in [4.78, 5) is 12.1. The molecule has 2 unspecified atom stereocenters. The number of rotatable bonds is 5. The molecule has 20 heavy (non-hydrogen) atoms. The van der Waals surface area contributed by atoms with Gasteiger partial charge in [-0.2, -0.15) is 0 Å². The number of ether oxygens (including phenoxy) is 1. The lowest BCUT2D eigenvalue weighted by Crippen LogP contribution is -2.41. The van der Waals surface area contributed by atoms with Gasteiger partial charge in [-0.3, -0.25) is 4.79 Å². The normalized spacial score (nSPS) is 19.3. The molecule has 1 aromatic carbocycles. The Bertz CT molecular complexity index is 416. The van der Waals surface area contributed by atoms with Crippen LogP contribution in [0.5, 0.6) is 0 Å². The highest BCUT2D eigenvalue weighted by Gasteiger charge is 2.22. The molecule has 1 aliphatic rings. The molecule has 4 nitrogen and oxygen atoms in total. The van der Waals surface area contributed by atoms with Crippen molar-refractivity contribution in [3.63, 3.8) is 0 Å². The molecule has 1 fully saturated rings. The van der Waals surface area contributed by atoms with Crippen molar-refractivity contribution in [1.29, 1.82) is 0 Å². The first-order valence-corrected chi connectivity index (χ1v) is 7.34. The molecule has 1 saturated heterocycles. The van der Waals surface area contributed by atoms with E-state index in [1.165, 1.54) is 0 Å². The second kappa shape index (κ2) is 7.41. The van der Waals surface area contributed by atoms with Crippen LogP contribution in [0.4, 0.5) is 0 Å². The van der Waals surface area contributed by atoms with Gasteiger partial charge < -0.3 is 15.8 Å². The highest BCUT2D eigenvalue weighted by atomic mass is 16.5. The first-order chi connectivity index (χ1) is 9.66. The fraction of sp³-hybridized carbons (Fsp3) is 0.562. The van der Waals surface area contributed by atoms with Crippen molar-refractivity contribution in [2.75, 3.05) is 13.2 Å². The zero-order valence-corrected chi connectivity index (χ0v) is 12.0. The minimum Gasteiger partial charge on any atom is -0.381 e. The molecule has 0 saturated carbocycles. The Labute approximate surface area is 120 Å². The van der Waals surface area contributed by atoms with Crippen LogP contribution in [0.25, 0.3) is 0 Å². The molecule has 2 rings (SSSR count). The molecule has 0 bridgehead atoms. The Morgan fingerprint density at radius 3 is 2.65 bits per heavy atom. The number of benzene rings is 1. The predicted octanol–water partition coefficient (Wildman–Crippen LogP) is 2.01. The molecule has 0 aliphatic carbocycles. The number of nitrogens with two attached hydrogens (primary N) is 1. The molecule has 110 valence electrons. The van der Waals surface area contributed by atoms with Crippen LogP contribution in [0.15, 0.2) is 30.3 Å². The Hall–Kier alpha value is -1.39. The molecule has 0 radical (unpaired) electrons. The van der Waals surface area contributed by atoms with Crippen LogP contribution in [-0.2, 0) is 9.53 Å². The Balaban J connectivity index is 1.79. The molecule has 3 N–H and O–H groups in total. The number of carbonyl (C=O) groups excluding carboxylic acids is 1. The van der Waals surface area contributed by atoms with E-state index in [2.05, 4.69) is 12.2 Å². The summed E-state index contributed by atoms with van der Waals surface area (Å²) >= 11 is 0. The lowest BCUT2D eigenvalue weighted by Gasteiger charge is -2.28. The zero-order valence-electron chi connectivity index (χ0n) is 12.0. The van der Waals surface area contributed by atoms with Crippen molar-refractivity contribution >= 4 is 5.91 Å². The van der Waals surface area contributed by atoms with Crippen LogP contribution in [0.3, 0.4) is 0 Å². The first kappa shape index (κ1) is 15.0. The highest BCUT2D eigenvalue weighted by Crippen LogP contribution is 2.19. The molecule has 1 amide bonds. The van der Waals surface area contributed by atoms with Gasteiger partial charge >= 0.3 is 0 Å². The van der Waals surface area contributed by atoms with Crippen LogP contribution >= 0.6 is 0 Å². The van der Waals surface area contributed by atoms with Gasteiger partial charge in [-0.15, -0.1) is 0 Å². The SMILES string of the molecule is CC(NC(=O)CC(N)c1ccccc1)C1CCOCC1. The van der Waals surface area contributed by atoms with Crippen LogP contribution in [0.1, 0.15) is 37.8 Å². The van der Waals surface area contributed by atoms with Gasteiger partial charge in [0.2, 0.25) is 5.91 Å². The average molecular weight is 276 g/mol. The third-order valence-electron chi connectivity index (χ3n) is 3.99. The van der Waals surface area contributed by atoms with E-state index in [4.69, 9.17) is 10.5 Å². The van der Waals surface area contributed by atoms with Gasteiger partial charge in [-0.25, -0.2) is 0 Å². The van der Waals surface area contributed by atoms with Gasteiger partial charge in [-0.1, -0.05) is 30.3 Å². The van der Waals surface area contributed by atoms with Gasteiger partial charge in [0.05, 0.1) is 0 Å². The van der Waals surface area contributed by atoms with Crippen molar-refractivity contribution < 1.29 is 9.53 Å². The molecule has 1 aromatic rings.